The molecule has 21 heavy (non-hydrogen) atoms. The van der Waals surface area contributed by atoms with Gasteiger partial charge in [-0.3, -0.25) is 9.48 Å². The highest BCUT2D eigenvalue weighted by molar-refractivity contribution is 5.95. The van der Waals surface area contributed by atoms with Gasteiger partial charge in [-0.15, -0.1) is 0 Å². The van der Waals surface area contributed by atoms with Crippen molar-refractivity contribution in [3.05, 3.63) is 17.5 Å². The third-order valence-electron chi connectivity index (χ3n) is 5.30. The Morgan fingerprint density at radius 3 is 2.81 bits per heavy atom. The summed E-state index contributed by atoms with van der Waals surface area (Å²) in [7, 11) is 0. The van der Waals surface area contributed by atoms with Crippen LogP contribution in [0.2, 0.25) is 0 Å². The predicted octanol–water partition coefficient (Wildman–Crippen LogP) is 1.77. The number of carbonyl (C=O) groups excluding carboxylic acids is 1. The van der Waals surface area contributed by atoms with Gasteiger partial charge in [0.1, 0.15) is 0 Å². The topological polar surface area (TPSA) is 58.4 Å². The van der Waals surface area contributed by atoms with E-state index in [9.17, 15) is 9.90 Å². The van der Waals surface area contributed by atoms with E-state index >= 15 is 0 Å². The zero-order valence-corrected chi connectivity index (χ0v) is 12.6. The van der Waals surface area contributed by atoms with Gasteiger partial charge in [-0.1, -0.05) is 6.92 Å². The van der Waals surface area contributed by atoms with Gasteiger partial charge in [-0.25, -0.2) is 0 Å². The van der Waals surface area contributed by atoms with Crippen molar-refractivity contribution in [2.45, 2.75) is 57.6 Å². The van der Waals surface area contributed by atoms with Crippen molar-refractivity contribution in [2.24, 2.45) is 5.41 Å². The fourth-order valence-electron chi connectivity index (χ4n) is 3.67. The van der Waals surface area contributed by atoms with E-state index < -0.39 is 0 Å². The average molecular weight is 289 g/mol. The number of aromatic nitrogens is 2. The van der Waals surface area contributed by atoms with Crippen LogP contribution in [0.1, 0.15) is 61.0 Å². The quantitative estimate of drug-likeness (QED) is 0.919. The molecule has 5 heteroatoms. The molecule has 2 saturated carbocycles. The van der Waals surface area contributed by atoms with Crippen LogP contribution in [0, 0.1) is 5.41 Å². The van der Waals surface area contributed by atoms with Crippen LogP contribution in [0.5, 0.6) is 0 Å². The fourth-order valence-corrected chi connectivity index (χ4v) is 3.67. The van der Waals surface area contributed by atoms with Gasteiger partial charge in [-0.05, 0) is 32.1 Å². The van der Waals surface area contributed by atoms with Gasteiger partial charge in [0, 0.05) is 31.0 Å². The SMILES string of the molecule is CCCn1ncc(C(=O)N2CC(O)C3(CC3)C2)c1C1CC1. The van der Waals surface area contributed by atoms with Crippen LogP contribution in [-0.4, -0.2) is 44.9 Å². The Hall–Kier alpha value is -1.36. The number of amides is 1. The van der Waals surface area contributed by atoms with Gasteiger partial charge >= 0.3 is 0 Å². The summed E-state index contributed by atoms with van der Waals surface area (Å²) in [6.07, 6.45) is 6.89. The average Bonchev–Trinajstić information content (AvgIpc) is 3.36. The third kappa shape index (κ3) is 2.09. The molecular weight excluding hydrogens is 266 g/mol. The summed E-state index contributed by atoms with van der Waals surface area (Å²) in [6, 6.07) is 0. The predicted molar refractivity (Wildman–Crippen MR) is 78.1 cm³/mol. The first-order chi connectivity index (χ1) is 10.1. The molecular formula is C16H23N3O2. The van der Waals surface area contributed by atoms with E-state index in [1.807, 2.05) is 9.58 Å². The second-order valence-electron chi connectivity index (χ2n) is 7.00. The van der Waals surface area contributed by atoms with Gasteiger partial charge < -0.3 is 10.0 Å². The third-order valence-corrected chi connectivity index (χ3v) is 5.30. The first-order valence-corrected chi connectivity index (χ1v) is 8.17. The summed E-state index contributed by atoms with van der Waals surface area (Å²) in [4.78, 5) is 14.7. The Labute approximate surface area is 124 Å². The molecule has 0 aromatic carbocycles. The van der Waals surface area contributed by atoms with E-state index in [1.165, 1.54) is 12.8 Å². The van der Waals surface area contributed by atoms with Crippen molar-refractivity contribution in [3.63, 3.8) is 0 Å². The van der Waals surface area contributed by atoms with Crippen LogP contribution in [0.3, 0.4) is 0 Å². The number of aliphatic hydroxyl groups is 1. The monoisotopic (exact) mass is 289 g/mol. The fraction of sp³-hybridized carbons (Fsp3) is 0.750. The number of likely N-dealkylation sites (tertiary alicyclic amines) is 1. The molecule has 1 unspecified atom stereocenters. The molecule has 1 atom stereocenters. The number of hydrogen-bond acceptors (Lipinski definition) is 3. The number of aliphatic hydroxyl groups excluding tert-OH is 1. The van der Waals surface area contributed by atoms with E-state index in [1.54, 1.807) is 6.20 Å². The van der Waals surface area contributed by atoms with Gasteiger partial charge in [0.2, 0.25) is 0 Å². The Balaban J connectivity index is 1.60. The lowest BCUT2D eigenvalue weighted by molar-refractivity contribution is 0.0763. The van der Waals surface area contributed by atoms with Crippen molar-refractivity contribution in [2.75, 3.05) is 13.1 Å². The molecule has 1 amide bonds. The summed E-state index contributed by atoms with van der Waals surface area (Å²) in [5, 5.41) is 14.6. The summed E-state index contributed by atoms with van der Waals surface area (Å²) >= 11 is 0. The van der Waals surface area contributed by atoms with Crippen molar-refractivity contribution < 1.29 is 9.90 Å². The zero-order chi connectivity index (χ0) is 14.6. The van der Waals surface area contributed by atoms with Crippen LogP contribution in [0.4, 0.5) is 0 Å². The highest BCUT2D eigenvalue weighted by Gasteiger charge is 2.55. The van der Waals surface area contributed by atoms with Crippen molar-refractivity contribution in [1.29, 1.82) is 0 Å². The van der Waals surface area contributed by atoms with E-state index in [0.29, 0.717) is 12.5 Å². The molecule has 0 radical (unpaired) electrons. The largest absolute Gasteiger partial charge is 0.391 e. The lowest BCUT2D eigenvalue weighted by Crippen LogP contribution is -2.30. The number of nitrogens with zero attached hydrogens (tertiary/aromatic N) is 3. The van der Waals surface area contributed by atoms with E-state index in [0.717, 1.165) is 43.6 Å². The summed E-state index contributed by atoms with van der Waals surface area (Å²) < 4.78 is 2.02. The van der Waals surface area contributed by atoms with Crippen molar-refractivity contribution in [3.8, 4) is 0 Å². The maximum atomic E-state index is 12.8. The van der Waals surface area contributed by atoms with Gasteiger partial charge in [0.15, 0.2) is 0 Å². The molecule has 2 heterocycles. The van der Waals surface area contributed by atoms with Gasteiger partial charge in [-0.2, -0.15) is 5.10 Å². The van der Waals surface area contributed by atoms with Crippen LogP contribution in [-0.2, 0) is 6.54 Å². The van der Waals surface area contributed by atoms with Crippen LogP contribution >= 0.6 is 0 Å². The number of hydrogen-bond donors (Lipinski definition) is 1. The van der Waals surface area contributed by atoms with Crippen LogP contribution in [0.25, 0.3) is 0 Å². The maximum absolute atomic E-state index is 12.8. The number of carbonyl (C=O) groups is 1. The van der Waals surface area contributed by atoms with Gasteiger partial charge in [0.05, 0.1) is 23.6 Å². The molecule has 5 nitrogen and oxygen atoms in total. The van der Waals surface area contributed by atoms with E-state index in [4.69, 9.17) is 0 Å². The smallest absolute Gasteiger partial charge is 0.257 e. The van der Waals surface area contributed by atoms with Gasteiger partial charge in [0.25, 0.3) is 5.91 Å². The molecule has 1 aromatic rings. The molecule has 3 aliphatic rings. The minimum Gasteiger partial charge on any atom is -0.391 e. The lowest BCUT2D eigenvalue weighted by atomic mass is 10.0. The highest BCUT2D eigenvalue weighted by atomic mass is 16.3. The van der Waals surface area contributed by atoms with Crippen molar-refractivity contribution in [1.82, 2.24) is 14.7 Å². The normalized spacial score (nSPS) is 26.6. The number of β-amino-alcohol motifs (C(OH)–C–C–N with tert-alkyl or cyclic N) is 1. The molecule has 2 aliphatic carbocycles. The Bertz CT molecular complexity index is 572. The molecule has 1 aliphatic heterocycles. The van der Waals surface area contributed by atoms with E-state index in [-0.39, 0.29) is 17.4 Å². The Morgan fingerprint density at radius 2 is 2.24 bits per heavy atom. The number of rotatable bonds is 4. The van der Waals surface area contributed by atoms with Crippen LogP contribution < -0.4 is 0 Å². The second kappa shape index (κ2) is 4.57. The standard InChI is InChI=1S/C16H23N3O2/c1-2-7-19-14(11-3-4-11)12(8-17-19)15(21)18-9-13(20)16(10-18)5-6-16/h8,11,13,20H,2-7,9-10H2,1H3. The molecule has 1 aromatic heterocycles. The summed E-state index contributed by atoms with van der Waals surface area (Å²) in [5.74, 6) is 0.586. The summed E-state index contributed by atoms with van der Waals surface area (Å²) in [5.41, 5.74) is 1.93. The van der Waals surface area contributed by atoms with Crippen LogP contribution in [0.15, 0.2) is 6.20 Å². The maximum Gasteiger partial charge on any atom is 0.257 e. The summed E-state index contributed by atoms with van der Waals surface area (Å²) in [6.45, 7) is 4.22. The Kier molecular flexibility index (Phi) is 2.89. The highest BCUT2D eigenvalue weighted by Crippen LogP contribution is 2.53. The van der Waals surface area contributed by atoms with Crippen molar-refractivity contribution >= 4 is 5.91 Å². The molecule has 4 rings (SSSR count). The molecule has 1 saturated heterocycles. The second-order valence-corrected chi connectivity index (χ2v) is 7.00. The molecule has 3 fully saturated rings. The molecule has 114 valence electrons. The van der Waals surface area contributed by atoms with E-state index in [2.05, 4.69) is 12.0 Å². The first-order valence-electron chi connectivity index (χ1n) is 8.17. The zero-order valence-electron chi connectivity index (χ0n) is 12.6. The Morgan fingerprint density at radius 1 is 1.48 bits per heavy atom. The first kappa shape index (κ1) is 13.3. The minimum atomic E-state index is -0.337. The molecule has 1 N–H and O–H groups in total. The lowest BCUT2D eigenvalue weighted by Gasteiger charge is -2.16. The number of aryl methyl sites for hydroxylation is 1. The molecule has 1 spiro atoms. The molecule has 0 bridgehead atoms. The minimum absolute atomic E-state index is 0.0226.